The zero-order valence-electron chi connectivity index (χ0n) is 16.5. The van der Waals surface area contributed by atoms with Gasteiger partial charge in [-0.25, -0.2) is 9.67 Å². The second-order valence-electron chi connectivity index (χ2n) is 7.49. The summed E-state index contributed by atoms with van der Waals surface area (Å²) < 4.78 is 1.70. The molecule has 0 aliphatic carbocycles. The molecule has 0 aliphatic rings. The van der Waals surface area contributed by atoms with Crippen LogP contribution >= 0.6 is 11.6 Å². The third-order valence-corrected chi connectivity index (χ3v) is 5.22. The Hall–Kier alpha value is -3.12. The number of aryl methyl sites for hydroxylation is 1. The van der Waals surface area contributed by atoms with E-state index < -0.39 is 0 Å². The number of hydrogen-bond acceptors (Lipinski definition) is 4. The van der Waals surface area contributed by atoms with Crippen LogP contribution in [0.2, 0.25) is 5.02 Å². The predicted molar refractivity (Wildman–Crippen MR) is 117 cm³/mol. The Morgan fingerprint density at radius 1 is 1.17 bits per heavy atom. The molecule has 0 atom stereocenters. The van der Waals surface area contributed by atoms with Crippen LogP contribution in [0.1, 0.15) is 42.4 Å². The lowest BCUT2D eigenvalue weighted by Gasteiger charge is -2.09. The number of H-pyrrole nitrogens is 1. The quantitative estimate of drug-likeness (QED) is 0.491. The van der Waals surface area contributed by atoms with Crippen LogP contribution in [-0.4, -0.2) is 19.7 Å². The summed E-state index contributed by atoms with van der Waals surface area (Å²) in [5.41, 5.74) is 10.2. The summed E-state index contributed by atoms with van der Waals surface area (Å²) in [5, 5.41) is 5.80. The number of nitrogens with two attached hydrogens (primary N) is 1. The smallest absolute Gasteiger partial charge is 0.262 e. The topological polar surface area (TPSA) is 89.6 Å². The van der Waals surface area contributed by atoms with E-state index in [1.807, 2.05) is 63.2 Å². The van der Waals surface area contributed by atoms with E-state index in [0.29, 0.717) is 39.7 Å². The SMILES string of the molecule is Cc1cccc(Cl)c1-n1nc(C(C)C)c2c(=O)[nH]c(Cc3ccc(N)cc3)nc21. The molecule has 0 spiro atoms. The number of fused-ring (bicyclic) bond motifs is 1. The summed E-state index contributed by atoms with van der Waals surface area (Å²) in [4.78, 5) is 20.7. The largest absolute Gasteiger partial charge is 0.399 e. The Morgan fingerprint density at radius 3 is 2.55 bits per heavy atom. The highest BCUT2D eigenvalue weighted by atomic mass is 35.5. The molecule has 2 aromatic heterocycles. The van der Waals surface area contributed by atoms with Crippen LogP contribution in [0.3, 0.4) is 0 Å². The number of anilines is 1. The third kappa shape index (κ3) is 3.51. The maximum Gasteiger partial charge on any atom is 0.262 e. The summed E-state index contributed by atoms with van der Waals surface area (Å²) in [5.74, 6) is 0.626. The second-order valence-corrected chi connectivity index (χ2v) is 7.89. The summed E-state index contributed by atoms with van der Waals surface area (Å²) in [6.07, 6.45) is 0.481. The van der Waals surface area contributed by atoms with Gasteiger partial charge in [0.1, 0.15) is 11.2 Å². The van der Waals surface area contributed by atoms with E-state index >= 15 is 0 Å². The fourth-order valence-electron chi connectivity index (χ4n) is 3.46. The summed E-state index contributed by atoms with van der Waals surface area (Å²) in [7, 11) is 0. The molecular weight excluding hydrogens is 386 g/mol. The van der Waals surface area contributed by atoms with Crippen molar-refractivity contribution in [2.24, 2.45) is 0 Å². The van der Waals surface area contributed by atoms with E-state index in [1.54, 1.807) is 4.68 Å². The first-order valence-corrected chi connectivity index (χ1v) is 9.84. The lowest BCUT2D eigenvalue weighted by Crippen LogP contribution is -2.14. The fraction of sp³-hybridized carbons (Fsp3) is 0.227. The van der Waals surface area contributed by atoms with Gasteiger partial charge >= 0.3 is 0 Å². The number of nitrogen functional groups attached to an aromatic ring is 1. The van der Waals surface area contributed by atoms with Crippen molar-refractivity contribution in [3.8, 4) is 5.69 Å². The molecule has 0 fully saturated rings. The Kier molecular flexibility index (Phi) is 4.88. The van der Waals surface area contributed by atoms with E-state index in [1.165, 1.54) is 0 Å². The van der Waals surface area contributed by atoms with Crippen molar-refractivity contribution in [2.75, 3.05) is 5.73 Å². The molecule has 6 nitrogen and oxygen atoms in total. The van der Waals surface area contributed by atoms with Crippen LogP contribution in [0.4, 0.5) is 5.69 Å². The minimum atomic E-state index is -0.194. The van der Waals surface area contributed by atoms with Crippen LogP contribution in [0, 0.1) is 6.92 Å². The van der Waals surface area contributed by atoms with Gasteiger partial charge in [0, 0.05) is 12.1 Å². The Balaban J connectivity index is 1.95. The van der Waals surface area contributed by atoms with Gasteiger partial charge < -0.3 is 10.7 Å². The summed E-state index contributed by atoms with van der Waals surface area (Å²) in [6.45, 7) is 5.98. The van der Waals surface area contributed by atoms with Gasteiger partial charge in [0.2, 0.25) is 0 Å². The average Bonchev–Trinajstić information content (AvgIpc) is 3.04. The third-order valence-electron chi connectivity index (χ3n) is 4.91. The minimum Gasteiger partial charge on any atom is -0.399 e. The van der Waals surface area contributed by atoms with Gasteiger partial charge in [-0.2, -0.15) is 5.10 Å². The maximum atomic E-state index is 13.0. The molecule has 4 rings (SSSR count). The molecule has 4 aromatic rings. The first kappa shape index (κ1) is 19.2. The van der Waals surface area contributed by atoms with Gasteiger partial charge in [-0.15, -0.1) is 0 Å². The molecule has 0 amide bonds. The number of hydrogen-bond donors (Lipinski definition) is 2. The van der Waals surface area contributed by atoms with E-state index in [9.17, 15) is 4.79 Å². The molecule has 3 N–H and O–H groups in total. The number of nitrogens with zero attached hydrogens (tertiary/aromatic N) is 3. The fourth-order valence-corrected chi connectivity index (χ4v) is 3.76. The van der Waals surface area contributed by atoms with Gasteiger partial charge in [-0.3, -0.25) is 4.79 Å². The van der Waals surface area contributed by atoms with Crippen LogP contribution < -0.4 is 11.3 Å². The molecule has 2 aromatic carbocycles. The molecule has 0 saturated carbocycles. The van der Waals surface area contributed by atoms with Crippen molar-refractivity contribution < 1.29 is 0 Å². The number of aromatic amines is 1. The first-order chi connectivity index (χ1) is 13.8. The van der Waals surface area contributed by atoms with Crippen LogP contribution in [0.15, 0.2) is 47.3 Å². The highest BCUT2D eigenvalue weighted by molar-refractivity contribution is 6.32. The predicted octanol–water partition coefficient (Wildman–Crippen LogP) is 4.37. The van der Waals surface area contributed by atoms with Crippen LogP contribution in [-0.2, 0) is 6.42 Å². The van der Waals surface area contributed by atoms with Crippen molar-refractivity contribution in [1.29, 1.82) is 0 Å². The Bertz CT molecular complexity index is 1230. The standard InChI is InChI=1S/C22H22ClN5O/c1-12(2)19-18-21(28(27-19)20-13(3)5-4-6-16(20)23)25-17(26-22(18)29)11-14-7-9-15(24)10-8-14/h4-10,12H,11,24H2,1-3H3,(H,25,26,29). The lowest BCUT2D eigenvalue weighted by molar-refractivity contribution is 0.774. The van der Waals surface area contributed by atoms with Gasteiger partial charge in [0.15, 0.2) is 5.65 Å². The van der Waals surface area contributed by atoms with Crippen molar-refractivity contribution in [3.05, 3.63) is 80.5 Å². The molecule has 2 heterocycles. The van der Waals surface area contributed by atoms with Crippen LogP contribution in [0.5, 0.6) is 0 Å². The number of rotatable bonds is 4. The molecule has 0 saturated heterocycles. The molecule has 7 heteroatoms. The van der Waals surface area contributed by atoms with Gasteiger partial charge in [-0.1, -0.05) is 49.7 Å². The van der Waals surface area contributed by atoms with E-state index in [4.69, 9.17) is 27.4 Å². The normalized spacial score (nSPS) is 11.5. The van der Waals surface area contributed by atoms with E-state index in [0.717, 1.165) is 16.8 Å². The maximum absolute atomic E-state index is 13.0. The number of halogens is 1. The summed E-state index contributed by atoms with van der Waals surface area (Å²) in [6, 6.07) is 13.2. The monoisotopic (exact) mass is 407 g/mol. The zero-order valence-corrected chi connectivity index (χ0v) is 17.3. The van der Waals surface area contributed by atoms with Gasteiger partial charge in [0.25, 0.3) is 5.56 Å². The molecule has 0 aliphatic heterocycles. The minimum absolute atomic E-state index is 0.0624. The molecule has 0 unspecified atom stereocenters. The Morgan fingerprint density at radius 2 is 1.90 bits per heavy atom. The van der Waals surface area contributed by atoms with Crippen LogP contribution in [0.25, 0.3) is 16.7 Å². The number of benzene rings is 2. The average molecular weight is 408 g/mol. The first-order valence-electron chi connectivity index (χ1n) is 9.47. The molecule has 29 heavy (non-hydrogen) atoms. The molecule has 0 bridgehead atoms. The van der Waals surface area contributed by atoms with Crippen molar-refractivity contribution in [1.82, 2.24) is 19.7 Å². The number of para-hydroxylation sites is 1. The number of aromatic nitrogens is 4. The highest BCUT2D eigenvalue weighted by Gasteiger charge is 2.22. The van der Waals surface area contributed by atoms with Gasteiger partial charge in [0.05, 0.1) is 16.4 Å². The molecule has 148 valence electrons. The van der Waals surface area contributed by atoms with Crippen molar-refractivity contribution in [2.45, 2.75) is 33.1 Å². The molecular formula is C22H22ClN5O. The van der Waals surface area contributed by atoms with Crippen molar-refractivity contribution >= 4 is 28.3 Å². The van der Waals surface area contributed by atoms with E-state index in [-0.39, 0.29) is 11.5 Å². The summed E-state index contributed by atoms with van der Waals surface area (Å²) >= 11 is 6.49. The zero-order chi connectivity index (χ0) is 20.7. The second kappa shape index (κ2) is 7.37. The van der Waals surface area contributed by atoms with Crippen molar-refractivity contribution in [3.63, 3.8) is 0 Å². The lowest BCUT2D eigenvalue weighted by atomic mass is 10.1. The van der Waals surface area contributed by atoms with E-state index in [2.05, 4.69) is 4.98 Å². The highest BCUT2D eigenvalue weighted by Crippen LogP contribution is 2.29. The Labute approximate surface area is 173 Å². The molecule has 0 radical (unpaired) electrons. The number of nitrogens with one attached hydrogen (secondary N) is 1. The van der Waals surface area contributed by atoms with Gasteiger partial charge in [-0.05, 0) is 42.2 Å².